The van der Waals surface area contributed by atoms with Crippen molar-refractivity contribution in [3.05, 3.63) is 76.0 Å². The van der Waals surface area contributed by atoms with E-state index in [0.717, 1.165) is 27.9 Å². The van der Waals surface area contributed by atoms with Crippen molar-refractivity contribution in [2.45, 2.75) is 13.5 Å². The molecule has 110 valence electrons. The molecule has 0 saturated heterocycles. The standard InChI is InChI=1S/C17H14N2O3/c1-12-10-17(15-4-2-3-5-16(15)18-12)22-11-13-6-8-14(9-7-13)19(20)21/h2-10H,11H2,1H3. The van der Waals surface area contributed by atoms with E-state index < -0.39 is 4.92 Å². The highest BCUT2D eigenvalue weighted by atomic mass is 16.6. The molecule has 5 nitrogen and oxygen atoms in total. The van der Waals surface area contributed by atoms with Gasteiger partial charge in [0.05, 0.1) is 10.4 Å². The van der Waals surface area contributed by atoms with Crippen molar-refractivity contribution in [2.75, 3.05) is 0 Å². The molecule has 0 atom stereocenters. The van der Waals surface area contributed by atoms with Crippen LogP contribution in [0.1, 0.15) is 11.3 Å². The van der Waals surface area contributed by atoms with E-state index in [0.29, 0.717) is 6.61 Å². The quantitative estimate of drug-likeness (QED) is 0.538. The fraction of sp³-hybridized carbons (Fsp3) is 0.118. The Bertz CT molecular complexity index is 829. The number of fused-ring (bicyclic) bond motifs is 1. The van der Waals surface area contributed by atoms with Crippen molar-refractivity contribution in [3.63, 3.8) is 0 Å². The monoisotopic (exact) mass is 294 g/mol. The summed E-state index contributed by atoms with van der Waals surface area (Å²) in [5, 5.41) is 11.6. The Morgan fingerprint density at radius 2 is 1.86 bits per heavy atom. The maximum atomic E-state index is 10.6. The molecule has 1 heterocycles. The molecule has 0 unspecified atom stereocenters. The van der Waals surface area contributed by atoms with Gasteiger partial charge in [-0.3, -0.25) is 15.1 Å². The molecule has 0 N–H and O–H groups in total. The van der Waals surface area contributed by atoms with Gasteiger partial charge >= 0.3 is 0 Å². The van der Waals surface area contributed by atoms with Crippen molar-refractivity contribution in [1.82, 2.24) is 4.98 Å². The van der Waals surface area contributed by atoms with E-state index in [-0.39, 0.29) is 5.69 Å². The fourth-order valence-corrected chi connectivity index (χ4v) is 2.26. The SMILES string of the molecule is Cc1cc(OCc2ccc([N+](=O)[O-])cc2)c2ccccc2n1. The number of aryl methyl sites for hydroxylation is 1. The molecule has 0 spiro atoms. The molecule has 1 aromatic heterocycles. The van der Waals surface area contributed by atoms with Crippen LogP contribution in [-0.2, 0) is 6.61 Å². The first-order valence-electron chi connectivity index (χ1n) is 6.86. The molecule has 0 aliphatic carbocycles. The second-order valence-corrected chi connectivity index (χ2v) is 4.99. The molecule has 22 heavy (non-hydrogen) atoms. The van der Waals surface area contributed by atoms with Gasteiger partial charge in [-0.1, -0.05) is 12.1 Å². The zero-order valence-corrected chi connectivity index (χ0v) is 12.0. The van der Waals surface area contributed by atoms with Crippen molar-refractivity contribution in [3.8, 4) is 5.75 Å². The third-order valence-corrected chi connectivity index (χ3v) is 3.35. The molecule has 5 heteroatoms. The lowest BCUT2D eigenvalue weighted by atomic mass is 10.2. The summed E-state index contributed by atoms with van der Waals surface area (Å²) in [6.45, 7) is 2.27. The van der Waals surface area contributed by atoms with E-state index in [4.69, 9.17) is 4.74 Å². The van der Waals surface area contributed by atoms with Crippen LogP contribution in [0.3, 0.4) is 0 Å². The number of ether oxygens (including phenoxy) is 1. The summed E-state index contributed by atoms with van der Waals surface area (Å²) in [4.78, 5) is 14.7. The highest BCUT2D eigenvalue weighted by Crippen LogP contribution is 2.26. The molecule has 3 aromatic rings. The maximum absolute atomic E-state index is 10.6. The highest BCUT2D eigenvalue weighted by Gasteiger charge is 2.07. The van der Waals surface area contributed by atoms with Crippen LogP contribution < -0.4 is 4.74 Å². The van der Waals surface area contributed by atoms with Gasteiger partial charge in [-0.25, -0.2) is 0 Å². The van der Waals surface area contributed by atoms with Crippen LogP contribution in [0.2, 0.25) is 0 Å². The van der Waals surface area contributed by atoms with E-state index >= 15 is 0 Å². The molecule has 2 aromatic carbocycles. The average molecular weight is 294 g/mol. The lowest BCUT2D eigenvalue weighted by Crippen LogP contribution is -1.98. The molecular weight excluding hydrogens is 280 g/mol. The van der Waals surface area contributed by atoms with Crippen LogP contribution in [-0.4, -0.2) is 9.91 Å². The van der Waals surface area contributed by atoms with Gasteiger partial charge in [0.15, 0.2) is 0 Å². The molecule has 0 aliphatic heterocycles. The summed E-state index contributed by atoms with van der Waals surface area (Å²) in [6, 6.07) is 16.1. The van der Waals surface area contributed by atoms with Crippen molar-refractivity contribution in [1.29, 1.82) is 0 Å². The van der Waals surface area contributed by atoms with Crippen LogP contribution in [0.25, 0.3) is 10.9 Å². The Morgan fingerprint density at radius 1 is 1.14 bits per heavy atom. The first kappa shape index (κ1) is 14.0. The predicted molar refractivity (Wildman–Crippen MR) is 83.9 cm³/mol. The molecule has 0 radical (unpaired) electrons. The second kappa shape index (κ2) is 5.81. The second-order valence-electron chi connectivity index (χ2n) is 4.99. The van der Waals surface area contributed by atoms with E-state index in [1.165, 1.54) is 12.1 Å². The molecular formula is C17H14N2O3. The Hall–Kier alpha value is -2.95. The number of benzene rings is 2. The highest BCUT2D eigenvalue weighted by molar-refractivity contribution is 5.85. The number of nitro groups is 1. The number of aromatic nitrogens is 1. The number of hydrogen-bond acceptors (Lipinski definition) is 4. The van der Waals surface area contributed by atoms with E-state index in [1.54, 1.807) is 12.1 Å². The number of nitro benzene ring substituents is 1. The minimum absolute atomic E-state index is 0.0777. The third kappa shape index (κ3) is 2.88. The Balaban J connectivity index is 1.83. The largest absolute Gasteiger partial charge is 0.488 e. The third-order valence-electron chi connectivity index (χ3n) is 3.35. The van der Waals surface area contributed by atoms with Crippen molar-refractivity contribution < 1.29 is 9.66 Å². The summed E-state index contributed by atoms with van der Waals surface area (Å²) >= 11 is 0. The van der Waals surface area contributed by atoms with E-state index in [2.05, 4.69) is 4.98 Å². The molecule has 0 aliphatic rings. The summed E-state index contributed by atoms with van der Waals surface area (Å²) in [5.41, 5.74) is 2.73. The smallest absolute Gasteiger partial charge is 0.269 e. The van der Waals surface area contributed by atoms with Crippen molar-refractivity contribution >= 4 is 16.6 Å². The zero-order chi connectivity index (χ0) is 15.5. The Kier molecular flexibility index (Phi) is 3.70. The summed E-state index contributed by atoms with van der Waals surface area (Å²) in [7, 11) is 0. The van der Waals surface area contributed by atoms with Gasteiger partial charge in [-0.15, -0.1) is 0 Å². The number of hydrogen-bond donors (Lipinski definition) is 0. The van der Waals surface area contributed by atoms with Crippen molar-refractivity contribution in [2.24, 2.45) is 0 Å². The van der Waals surface area contributed by atoms with Gasteiger partial charge < -0.3 is 4.74 Å². The minimum Gasteiger partial charge on any atom is -0.488 e. The van der Waals surface area contributed by atoms with Crippen LogP contribution in [0.15, 0.2) is 54.6 Å². The number of rotatable bonds is 4. The average Bonchev–Trinajstić information content (AvgIpc) is 2.52. The lowest BCUT2D eigenvalue weighted by molar-refractivity contribution is -0.384. The molecule has 0 fully saturated rings. The summed E-state index contributed by atoms with van der Waals surface area (Å²) in [5.74, 6) is 0.765. The topological polar surface area (TPSA) is 65.3 Å². The minimum atomic E-state index is -0.412. The van der Waals surface area contributed by atoms with Gasteiger partial charge in [0.1, 0.15) is 12.4 Å². The van der Waals surface area contributed by atoms with Crippen LogP contribution >= 0.6 is 0 Å². The van der Waals surface area contributed by atoms with Gasteiger partial charge in [-0.05, 0) is 36.8 Å². The summed E-state index contributed by atoms with van der Waals surface area (Å²) < 4.78 is 5.88. The van der Waals surface area contributed by atoms with Crippen LogP contribution in [0, 0.1) is 17.0 Å². The van der Waals surface area contributed by atoms with Crippen LogP contribution in [0.4, 0.5) is 5.69 Å². The molecule has 3 rings (SSSR count). The molecule has 0 amide bonds. The predicted octanol–water partition coefficient (Wildman–Crippen LogP) is 4.03. The Labute approximate surface area is 127 Å². The first-order valence-corrected chi connectivity index (χ1v) is 6.86. The van der Waals surface area contributed by atoms with E-state index in [1.807, 2.05) is 37.3 Å². The van der Waals surface area contributed by atoms with Gasteiger partial charge in [-0.2, -0.15) is 0 Å². The fourth-order valence-electron chi connectivity index (χ4n) is 2.26. The normalized spacial score (nSPS) is 10.6. The molecule has 0 saturated carbocycles. The summed E-state index contributed by atoms with van der Waals surface area (Å²) in [6.07, 6.45) is 0. The van der Waals surface area contributed by atoms with Crippen LogP contribution in [0.5, 0.6) is 5.75 Å². The number of pyridine rings is 1. The molecule has 0 bridgehead atoms. The zero-order valence-electron chi connectivity index (χ0n) is 12.0. The van der Waals surface area contributed by atoms with E-state index in [9.17, 15) is 10.1 Å². The number of para-hydroxylation sites is 1. The van der Waals surface area contributed by atoms with Gasteiger partial charge in [0.2, 0.25) is 0 Å². The first-order chi connectivity index (χ1) is 10.6. The van der Waals surface area contributed by atoms with Gasteiger partial charge in [0.25, 0.3) is 5.69 Å². The Morgan fingerprint density at radius 3 is 2.59 bits per heavy atom. The number of nitrogens with zero attached hydrogens (tertiary/aromatic N) is 2. The number of non-ortho nitro benzene ring substituents is 1. The maximum Gasteiger partial charge on any atom is 0.269 e. The van der Waals surface area contributed by atoms with Gasteiger partial charge in [0, 0.05) is 29.3 Å². The lowest BCUT2D eigenvalue weighted by Gasteiger charge is -2.10.